The largest absolute Gasteiger partial charge is 0.496 e. The van der Waals surface area contributed by atoms with Crippen LogP contribution in [0.3, 0.4) is 0 Å². The molecule has 0 saturated carbocycles. The van der Waals surface area contributed by atoms with E-state index in [9.17, 15) is 4.79 Å². The zero-order valence-electron chi connectivity index (χ0n) is 12.2. The molecular formula is C15H22BrClN2O2. The van der Waals surface area contributed by atoms with E-state index in [0.29, 0.717) is 25.3 Å². The lowest BCUT2D eigenvalue weighted by molar-refractivity contribution is -0.130. The molecule has 1 unspecified atom stereocenters. The van der Waals surface area contributed by atoms with Gasteiger partial charge < -0.3 is 15.4 Å². The number of hydrogen-bond donors (Lipinski definition) is 1. The predicted molar refractivity (Wildman–Crippen MR) is 90.0 cm³/mol. The maximum Gasteiger partial charge on any atom is 0.222 e. The van der Waals surface area contributed by atoms with Crippen molar-refractivity contribution in [3.8, 4) is 5.75 Å². The number of methoxy groups -OCH3 is 1. The van der Waals surface area contributed by atoms with Gasteiger partial charge in [-0.3, -0.25) is 4.79 Å². The molecular weight excluding hydrogens is 356 g/mol. The normalized spacial score (nSPS) is 17.5. The summed E-state index contributed by atoms with van der Waals surface area (Å²) in [6, 6.07) is 5.87. The highest BCUT2D eigenvalue weighted by atomic mass is 79.9. The number of halogens is 2. The number of hydrogen-bond acceptors (Lipinski definition) is 3. The summed E-state index contributed by atoms with van der Waals surface area (Å²) in [4.78, 5) is 14.1. The second kappa shape index (κ2) is 8.61. The number of ether oxygens (including phenoxy) is 1. The number of rotatable bonds is 5. The summed E-state index contributed by atoms with van der Waals surface area (Å²) in [5.74, 6) is 1.52. The zero-order chi connectivity index (χ0) is 14.5. The zero-order valence-corrected chi connectivity index (χ0v) is 14.6. The van der Waals surface area contributed by atoms with Crippen LogP contribution in [0.2, 0.25) is 0 Å². The summed E-state index contributed by atoms with van der Waals surface area (Å²) in [7, 11) is 1.65. The van der Waals surface area contributed by atoms with Crippen LogP contribution in [0.15, 0.2) is 22.7 Å². The average molecular weight is 378 g/mol. The van der Waals surface area contributed by atoms with Crippen LogP contribution in [0, 0.1) is 5.92 Å². The lowest BCUT2D eigenvalue weighted by Crippen LogP contribution is -2.30. The second-order valence-corrected chi connectivity index (χ2v) is 6.10. The number of amides is 1. The van der Waals surface area contributed by atoms with Crippen LogP contribution in [0.4, 0.5) is 0 Å². The molecule has 0 aromatic heterocycles. The van der Waals surface area contributed by atoms with E-state index < -0.39 is 0 Å². The maximum absolute atomic E-state index is 12.2. The molecule has 1 aliphatic heterocycles. The molecule has 1 saturated heterocycles. The van der Waals surface area contributed by atoms with E-state index >= 15 is 0 Å². The van der Waals surface area contributed by atoms with Crippen molar-refractivity contribution < 1.29 is 9.53 Å². The number of aryl methyl sites for hydroxylation is 1. The molecule has 0 aliphatic carbocycles. The van der Waals surface area contributed by atoms with E-state index in [1.807, 2.05) is 23.1 Å². The highest BCUT2D eigenvalue weighted by Crippen LogP contribution is 2.25. The van der Waals surface area contributed by atoms with Crippen LogP contribution >= 0.6 is 28.3 Å². The molecule has 1 atom stereocenters. The average Bonchev–Trinajstić information content (AvgIpc) is 2.94. The predicted octanol–water partition coefficient (Wildman–Crippen LogP) is 2.62. The molecule has 21 heavy (non-hydrogen) atoms. The summed E-state index contributed by atoms with van der Waals surface area (Å²) < 4.78 is 6.34. The third kappa shape index (κ3) is 4.87. The van der Waals surface area contributed by atoms with Gasteiger partial charge in [-0.1, -0.05) is 15.9 Å². The molecule has 1 aromatic rings. The summed E-state index contributed by atoms with van der Waals surface area (Å²) in [6.45, 7) is 2.32. The van der Waals surface area contributed by atoms with Gasteiger partial charge in [-0.05, 0) is 49.1 Å². The molecule has 2 N–H and O–H groups in total. The van der Waals surface area contributed by atoms with Crippen LogP contribution in [0.1, 0.15) is 18.4 Å². The smallest absolute Gasteiger partial charge is 0.222 e. The van der Waals surface area contributed by atoms with Gasteiger partial charge in [0.2, 0.25) is 5.91 Å². The lowest BCUT2D eigenvalue weighted by Gasteiger charge is -2.16. The van der Waals surface area contributed by atoms with Crippen molar-refractivity contribution in [2.24, 2.45) is 11.7 Å². The Morgan fingerprint density at radius 1 is 1.52 bits per heavy atom. The van der Waals surface area contributed by atoms with Crippen molar-refractivity contribution in [2.75, 3.05) is 26.7 Å². The highest BCUT2D eigenvalue weighted by Gasteiger charge is 2.24. The summed E-state index contributed by atoms with van der Waals surface area (Å²) in [6.07, 6.45) is 2.25. The van der Waals surface area contributed by atoms with Crippen molar-refractivity contribution in [1.29, 1.82) is 0 Å². The van der Waals surface area contributed by atoms with Gasteiger partial charge in [0.1, 0.15) is 5.75 Å². The molecule has 0 radical (unpaired) electrons. The number of carbonyl (C=O) groups excluding carboxylic acids is 1. The van der Waals surface area contributed by atoms with Crippen LogP contribution < -0.4 is 10.5 Å². The van der Waals surface area contributed by atoms with Gasteiger partial charge in [-0.25, -0.2) is 0 Å². The van der Waals surface area contributed by atoms with Gasteiger partial charge in [0.15, 0.2) is 0 Å². The number of benzene rings is 1. The van der Waals surface area contributed by atoms with Crippen molar-refractivity contribution in [3.05, 3.63) is 28.2 Å². The van der Waals surface area contributed by atoms with Gasteiger partial charge in [-0.2, -0.15) is 0 Å². The number of likely N-dealkylation sites (tertiary alicyclic amines) is 1. The van der Waals surface area contributed by atoms with Crippen molar-refractivity contribution >= 4 is 34.2 Å². The molecule has 6 heteroatoms. The maximum atomic E-state index is 12.2. The van der Waals surface area contributed by atoms with E-state index in [0.717, 1.165) is 35.3 Å². The Morgan fingerprint density at radius 3 is 2.90 bits per heavy atom. The fourth-order valence-electron chi connectivity index (χ4n) is 2.59. The van der Waals surface area contributed by atoms with E-state index in [1.54, 1.807) is 7.11 Å². The van der Waals surface area contributed by atoms with E-state index in [1.165, 1.54) is 0 Å². The molecule has 118 valence electrons. The number of carbonyl (C=O) groups is 1. The molecule has 1 heterocycles. The molecule has 0 spiro atoms. The van der Waals surface area contributed by atoms with Gasteiger partial charge in [0.05, 0.1) is 7.11 Å². The topological polar surface area (TPSA) is 55.6 Å². The lowest BCUT2D eigenvalue weighted by atomic mass is 10.1. The molecule has 0 bridgehead atoms. The molecule has 4 nitrogen and oxygen atoms in total. The molecule has 1 aromatic carbocycles. The van der Waals surface area contributed by atoms with Gasteiger partial charge >= 0.3 is 0 Å². The monoisotopic (exact) mass is 376 g/mol. The minimum Gasteiger partial charge on any atom is -0.496 e. The van der Waals surface area contributed by atoms with Crippen molar-refractivity contribution in [2.45, 2.75) is 19.3 Å². The highest BCUT2D eigenvalue weighted by molar-refractivity contribution is 9.10. The van der Waals surface area contributed by atoms with Crippen molar-refractivity contribution in [1.82, 2.24) is 4.90 Å². The van der Waals surface area contributed by atoms with Crippen molar-refractivity contribution in [3.63, 3.8) is 0 Å². The Balaban J connectivity index is 0.00000220. The van der Waals surface area contributed by atoms with E-state index in [4.69, 9.17) is 10.5 Å². The summed E-state index contributed by atoms with van der Waals surface area (Å²) in [5, 5.41) is 0. The first-order valence-electron chi connectivity index (χ1n) is 6.94. The Morgan fingerprint density at radius 2 is 2.29 bits per heavy atom. The molecule has 1 fully saturated rings. The Labute approximate surface area is 140 Å². The van der Waals surface area contributed by atoms with Crippen LogP contribution in [0.25, 0.3) is 0 Å². The van der Waals surface area contributed by atoms with Gasteiger partial charge in [-0.15, -0.1) is 12.4 Å². The SMILES string of the molecule is COc1ccc(Br)cc1CCC(=O)N1CCC(CN)C1.Cl. The third-order valence-electron chi connectivity index (χ3n) is 3.82. The second-order valence-electron chi connectivity index (χ2n) is 5.19. The van der Waals surface area contributed by atoms with Gasteiger partial charge in [0.25, 0.3) is 0 Å². The Kier molecular flexibility index (Phi) is 7.49. The first-order chi connectivity index (χ1) is 9.63. The van der Waals surface area contributed by atoms with Crippen LogP contribution in [-0.4, -0.2) is 37.6 Å². The minimum absolute atomic E-state index is 0. The third-order valence-corrected chi connectivity index (χ3v) is 4.32. The summed E-state index contributed by atoms with van der Waals surface area (Å²) >= 11 is 3.45. The number of nitrogens with two attached hydrogens (primary N) is 1. The fraction of sp³-hybridized carbons (Fsp3) is 0.533. The fourth-order valence-corrected chi connectivity index (χ4v) is 3.00. The standard InChI is InChI=1S/C15H21BrN2O2.ClH/c1-20-14-4-3-13(16)8-12(14)2-5-15(19)18-7-6-11(9-17)10-18;/h3-4,8,11H,2,5-7,9-10,17H2,1H3;1H. The summed E-state index contributed by atoms with van der Waals surface area (Å²) in [5.41, 5.74) is 6.72. The molecule has 1 amide bonds. The van der Waals surface area contributed by atoms with Gasteiger partial charge in [0, 0.05) is 24.0 Å². The van der Waals surface area contributed by atoms with Crippen LogP contribution in [0.5, 0.6) is 5.75 Å². The van der Waals surface area contributed by atoms with E-state index in [-0.39, 0.29) is 18.3 Å². The molecule has 2 rings (SSSR count). The first kappa shape index (κ1) is 18.3. The first-order valence-corrected chi connectivity index (χ1v) is 7.73. The van der Waals surface area contributed by atoms with Crippen LogP contribution in [-0.2, 0) is 11.2 Å². The Bertz CT molecular complexity index is 485. The molecule has 1 aliphatic rings. The Hall–Kier alpha value is -0.780. The quantitative estimate of drug-likeness (QED) is 0.858. The minimum atomic E-state index is 0. The number of nitrogens with zero attached hydrogens (tertiary/aromatic N) is 1. The van der Waals surface area contributed by atoms with E-state index in [2.05, 4.69) is 15.9 Å².